The smallest absolute Gasteiger partial charge is 0.191 e. The molecule has 2 fully saturated rings. The molecule has 3 unspecified atom stereocenters. The third kappa shape index (κ3) is 3.58. The van der Waals surface area contributed by atoms with E-state index in [1.165, 1.54) is 25.7 Å². The second-order valence-corrected chi connectivity index (χ2v) is 8.28. The molecule has 0 bridgehead atoms. The van der Waals surface area contributed by atoms with E-state index in [0.717, 1.165) is 56.6 Å². The van der Waals surface area contributed by atoms with Crippen molar-refractivity contribution in [2.45, 2.75) is 90.4 Å². The van der Waals surface area contributed by atoms with Gasteiger partial charge < -0.3 is 15.4 Å². The molecule has 0 aromatic carbocycles. The lowest BCUT2D eigenvalue weighted by molar-refractivity contribution is -0.125. The van der Waals surface area contributed by atoms with Crippen LogP contribution < -0.4 is 10.6 Å². The fraction of sp³-hybridized carbons (Fsp3) is 0.850. The number of hydrogen-bond donors (Lipinski definition) is 2. The molecule has 0 radical (unpaired) electrons. The van der Waals surface area contributed by atoms with Gasteiger partial charge in [-0.05, 0) is 46.5 Å². The highest BCUT2D eigenvalue weighted by molar-refractivity contribution is 5.80. The Labute approximate surface area is 162 Å². The van der Waals surface area contributed by atoms with Crippen LogP contribution in [0.25, 0.3) is 0 Å². The third-order valence-corrected chi connectivity index (χ3v) is 6.62. The number of ether oxygens (including phenoxy) is 1. The molecule has 1 aromatic heterocycles. The highest BCUT2D eigenvalue weighted by Crippen LogP contribution is 2.54. The largest absolute Gasteiger partial charge is 0.378 e. The van der Waals surface area contributed by atoms with Crippen molar-refractivity contribution in [2.24, 2.45) is 10.4 Å². The van der Waals surface area contributed by atoms with Gasteiger partial charge in [-0.25, -0.2) is 9.67 Å². The van der Waals surface area contributed by atoms with Crippen LogP contribution in [0, 0.1) is 12.3 Å². The number of nitrogens with zero attached hydrogens (tertiary/aromatic N) is 4. The van der Waals surface area contributed by atoms with Gasteiger partial charge in [-0.15, -0.1) is 0 Å². The Morgan fingerprint density at radius 1 is 1.30 bits per heavy atom. The number of rotatable bonds is 5. The zero-order valence-corrected chi connectivity index (χ0v) is 17.0. The van der Waals surface area contributed by atoms with E-state index in [1.807, 2.05) is 11.6 Å². The van der Waals surface area contributed by atoms with E-state index in [2.05, 4.69) is 34.6 Å². The molecule has 1 aromatic rings. The van der Waals surface area contributed by atoms with Gasteiger partial charge in [0.1, 0.15) is 11.6 Å². The zero-order valence-electron chi connectivity index (χ0n) is 17.0. The summed E-state index contributed by atoms with van der Waals surface area (Å²) in [6, 6.07) is 0.820. The first-order chi connectivity index (χ1) is 13.1. The molecule has 0 saturated heterocycles. The molecule has 0 amide bonds. The molecule has 2 saturated carbocycles. The Bertz CT molecular complexity index is 678. The van der Waals surface area contributed by atoms with E-state index < -0.39 is 0 Å². The van der Waals surface area contributed by atoms with Crippen molar-refractivity contribution in [3.8, 4) is 0 Å². The lowest BCUT2D eigenvalue weighted by Crippen LogP contribution is -2.65. The van der Waals surface area contributed by atoms with E-state index in [9.17, 15) is 0 Å². The minimum Gasteiger partial charge on any atom is -0.378 e. The number of aryl methyl sites for hydroxylation is 2. The van der Waals surface area contributed by atoms with Crippen molar-refractivity contribution in [1.82, 2.24) is 25.4 Å². The van der Waals surface area contributed by atoms with E-state index in [-0.39, 0.29) is 0 Å². The van der Waals surface area contributed by atoms with Crippen LogP contribution in [0.5, 0.6) is 0 Å². The molecule has 7 nitrogen and oxygen atoms in total. The number of hydrogen-bond acceptors (Lipinski definition) is 4. The van der Waals surface area contributed by atoms with Crippen LogP contribution in [-0.4, -0.2) is 52.1 Å². The first-order valence-corrected chi connectivity index (χ1v) is 10.7. The van der Waals surface area contributed by atoms with Crippen LogP contribution in [0.3, 0.4) is 0 Å². The molecule has 3 atom stereocenters. The Morgan fingerprint density at radius 2 is 2.11 bits per heavy atom. The van der Waals surface area contributed by atoms with E-state index >= 15 is 0 Å². The van der Waals surface area contributed by atoms with Crippen LogP contribution >= 0.6 is 0 Å². The monoisotopic (exact) mass is 374 g/mol. The quantitative estimate of drug-likeness (QED) is 0.610. The lowest BCUT2D eigenvalue weighted by Gasteiger charge is -2.54. The second kappa shape index (κ2) is 7.78. The molecule has 2 N–H and O–H groups in total. The highest BCUT2D eigenvalue weighted by atomic mass is 16.5. The number of fused-ring (bicyclic) bond motifs is 1. The van der Waals surface area contributed by atoms with Gasteiger partial charge in [-0.2, -0.15) is 5.10 Å². The van der Waals surface area contributed by atoms with Gasteiger partial charge in [0.25, 0.3) is 0 Å². The predicted molar refractivity (Wildman–Crippen MR) is 106 cm³/mol. The van der Waals surface area contributed by atoms with Crippen LogP contribution in [0.1, 0.15) is 64.0 Å². The molecule has 1 aliphatic heterocycles. The summed E-state index contributed by atoms with van der Waals surface area (Å²) in [5.41, 5.74) is 0.314. The van der Waals surface area contributed by atoms with Gasteiger partial charge in [-0.3, -0.25) is 4.99 Å². The highest BCUT2D eigenvalue weighted by Gasteiger charge is 2.57. The van der Waals surface area contributed by atoms with Gasteiger partial charge in [0.15, 0.2) is 5.96 Å². The molecule has 7 heteroatoms. The van der Waals surface area contributed by atoms with E-state index in [0.29, 0.717) is 23.6 Å². The fourth-order valence-electron chi connectivity index (χ4n) is 5.29. The predicted octanol–water partition coefficient (Wildman–Crippen LogP) is 2.19. The van der Waals surface area contributed by atoms with E-state index in [1.54, 1.807) is 0 Å². The number of aromatic nitrogens is 3. The molecular weight excluding hydrogens is 340 g/mol. The summed E-state index contributed by atoms with van der Waals surface area (Å²) in [7, 11) is 0. The molecule has 2 aliphatic carbocycles. The Kier molecular flexibility index (Phi) is 5.39. The van der Waals surface area contributed by atoms with Gasteiger partial charge >= 0.3 is 0 Å². The van der Waals surface area contributed by atoms with Crippen LogP contribution in [0.2, 0.25) is 0 Å². The first kappa shape index (κ1) is 18.7. The second-order valence-electron chi connectivity index (χ2n) is 8.28. The normalized spacial score (nSPS) is 29.4. The van der Waals surface area contributed by atoms with E-state index in [4.69, 9.17) is 9.73 Å². The standard InChI is InChI=1S/C20H34N6O/c1-4-21-19(23-15-8-9-18-22-14(3)25-26(18)13-15)24-16-12-17(27-5-2)20(16)10-6-7-11-20/h15-17H,4-13H2,1-3H3,(H2,21,23,24). The van der Waals surface area contributed by atoms with Crippen molar-refractivity contribution < 1.29 is 4.74 Å². The fourth-order valence-corrected chi connectivity index (χ4v) is 5.29. The maximum absolute atomic E-state index is 6.06. The van der Waals surface area contributed by atoms with Crippen molar-refractivity contribution in [1.29, 1.82) is 0 Å². The molecule has 150 valence electrons. The molecule has 3 aliphatic rings. The summed E-state index contributed by atoms with van der Waals surface area (Å²) in [6.45, 7) is 8.62. The average molecular weight is 375 g/mol. The van der Waals surface area contributed by atoms with Crippen LogP contribution in [0.15, 0.2) is 4.99 Å². The molecule has 4 rings (SSSR count). The Balaban J connectivity index is 1.40. The number of aliphatic imine (C=N–C) groups is 1. The third-order valence-electron chi connectivity index (χ3n) is 6.62. The van der Waals surface area contributed by atoms with Crippen molar-refractivity contribution in [2.75, 3.05) is 13.2 Å². The van der Waals surface area contributed by atoms with Crippen LogP contribution in [0.4, 0.5) is 0 Å². The lowest BCUT2D eigenvalue weighted by atomic mass is 9.60. The average Bonchev–Trinajstić information content (AvgIpc) is 3.28. The van der Waals surface area contributed by atoms with Gasteiger partial charge in [-0.1, -0.05) is 12.8 Å². The molecular formula is C20H34N6O. The van der Waals surface area contributed by atoms with Gasteiger partial charge in [0.05, 0.1) is 12.6 Å². The minimum atomic E-state index is 0.314. The SMILES string of the molecule is CCN=C(NC1CCc2nc(C)nn2C1)NC1CC(OCC)C12CCCC2. The van der Waals surface area contributed by atoms with Crippen molar-refractivity contribution in [3.05, 3.63) is 11.6 Å². The van der Waals surface area contributed by atoms with Crippen molar-refractivity contribution >= 4 is 5.96 Å². The van der Waals surface area contributed by atoms with Crippen molar-refractivity contribution in [3.63, 3.8) is 0 Å². The summed E-state index contributed by atoms with van der Waals surface area (Å²) >= 11 is 0. The summed E-state index contributed by atoms with van der Waals surface area (Å²) in [6.07, 6.45) is 8.76. The van der Waals surface area contributed by atoms with Gasteiger partial charge in [0.2, 0.25) is 0 Å². The topological polar surface area (TPSA) is 76.4 Å². The molecule has 1 spiro atoms. The Hall–Kier alpha value is -1.63. The summed E-state index contributed by atoms with van der Waals surface area (Å²) in [5.74, 6) is 2.93. The first-order valence-electron chi connectivity index (χ1n) is 10.7. The number of guanidine groups is 1. The summed E-state index contributed by atoms with van der Waals surface area (Å²) in [4.78, 5) is 9.25. The zero-order chi connectivity index (χ0) is 18.9. The van der Waals surface area contributed by atoms with Gasteiger partial charge in [0, 0.05) is 37.1 Å². The molecule has 2 heterocycles. The maximum Gasteiger partial charge on any atom is 0.191 e. The Morgan fingerprint density at radius 3 is 2.85 bits per heavy atom. The molecule has 27 heavy (non-hydrogen) atoms. The summed E-state index contributed by atoms with van der Waals surface area (Å²) < 4.78 is 8.11. The van der Waals surface area contributed by atoms with Crippen LogP contribution in [-0.2, 0) is 17.7 Å². The number of nitrogens with one attached hydrogen (secondary N) is 2. The maximum atomic E-state index is 6.06. The minimum absolute atomic E-state index is 0.314. The summed E-state index contributed by atoms with van der Waals surface area (Å²) in [5, 5.41) is 12.0.